The molecule has 0 unspecified atom stereocenters. The Morgan fingerprint density at radius 1 is 1.10 bits per heavy atom. The van der Waals surface area contributed by atoms with E-state index in [0.29, 0.717) is 16.9 Å². The van der Waals surface area contributed by atoms with Crippen molar-refractivity contribution < 1.29 is 27.4 Å². The molecule has 1 heterocycles. The summed E-state index contributed by atoms with van der Waals surface area (Å²) in [5.41, 5.74) is 1.37. The van der Waals surface area contributed by atoms with Gasteiger partial charge in [0.05, 0.1) is 27.0 Å². The van der Waals surface area contributed by atoms with Crippen molar-refractivity contribution in [3.63, 3.8) is 0 Å². The number of aromatic nitrogens is 4. The largest absolute Gasteiger partial charge is 0.493 e. The first-order valence-electron chi connectivity index (χ1n) is 8.76. The molecule has 0 amide bonds. The smallest absolute Gasteiger partial charge is 0.330 e. The Balaban J connectivity index is 1.96. The first-order valence-corrected chi connectivity index (χ1v) is 10.2. The van der Waals surface area contributed by atoms with Crippen molar-refractivity contribution in [2.45, 2.75) is 4.90 Å². The number of nitrogens with zero attached hydrogens (tertiary/aromatic N) is 4. The summed E-state index contributed by atoms with van der Waals surface area (Å²) in [6, 6.07) is 9.35. The number of hydrogen-bond acceptors (Lipinski definition) is 9. The van der Waals surface area contributed by atoms with Crippen LogP contribution in [0.25, 0.3) is 11.8 Å². The molecule has 2 aromatic carbocycles. The minimum absolute atomic E-state index is 0.0236. The summed E-state index contributed by atoms with van der Waals surface area (Å²) in [4.78, 5) is 11.2. The number of nitrogens with one attached hydrogen (secondary N) is 1. The van der Waals surface area contributed by atoms with Crippen LogP contribution < -0.4 is 14.2 Å². The van der Waals surface area contributed by atoms with E-state index in [1.807, 2.05) is 0 Å². The lowest BCUT2D eigenvalue weighted by Gasteiger charge is -2.15. The van der Waals surface area contributed by atoms with Crippen LogP contribution in [0.5, 0.6) is 11.5 Å². The molecule has 0 fully saturated rings. The fraction of sp³-hybridized carbons (Fsp3) is 0.158. The highest BCUT2D eigenvalue weighted by molar-refractivity contribution is 7.92. The average Bonchev–Trinajstić information content (AvgIpc) is 3.31. The quantitative estimate of drug-likeness (QED) is 0.406. The van der Waals surface area contributed by atoms with Gasteiger partial charge in [0.15, 0.2) is 11.5 Å². The fourth-order valence-electron chi connectivity index (χ4n) is 2.65. The van der Waals surface area contributed by atoms with Crippen LogP contribution in [0, 0.1) is 0 Å². The van der Waals surface area contributed by atoms with Gasteiger partial charge in [-0.2, -0.15) is 0 Å². The van der Waals surface area contributed by atoms with Crippen LogP contribution in [0.2, 0.25) is 0 Å². The maximum absolute atomic E-state index is 13.1. The minimum Gasteiger partial charge on any atom is -0.493 e. The van der Waals surface area contributed by atoms with Gasteiger partial charge in [-0.05, 0) is 58.5 Å². The van der Waals surface area contributed by atoms with Crippen LogP contribution in [0.3, 0.4) is 0 Å². The molecule has 3 aromatic rings. The van der Waals surface area contributed by atoms with Crippen molar-refractivity contribution in [2.24, 2.45) is 0 Å². The lowest BCUT2D eigenvalue weighted by Crippen LogP contribution is -2.15. The summed E-state index contributed by atoms with van der Waals surface area (Å²) in [6.07, 6.45) is 4.00. The molecule has 0 aliphatic carbocycles. The van der Waals surface area contributed by atoms with E-state index < -0.39 is 16.0 Å². The highest BCUT2D eigenvalue weighted by atomic mass is 32.2. The minimum atomic E-state index is -4.07. The maximum Gasteiger partial charge on any atom is 0.330 e. The second-order valence-corrected chi connectivity index (χ2v) is 7.67. The third-order valence-electron chi connectivity index (χ3n) is 4.10. The van der Waals surface area contributed by atoms with Crippen LogP contribution in [0.1, 0.15) is 5.56 Å². The van der Waals surface area contributed by atoms with Gasteiger partial charge in [0.25, 0.3) is 10.0 Å². The van der Waals surface area contributed by atoms with Gasteiger partial charge in [0, 0.05) is 11.8 Å². The zero-order valence-electron chi connectivity index (χ0n) is 16.8. The van der Waals surface area contributed by atoms with E-state index in [9.17, 15) is 13.2 Å². The number of carbonyl (C=O) groups is 1. The molecule has 0 radical (unpaired) electrons. The van der Waals surface area contributed by atoms with Gasteiger partial charge in [0.2, 0.25) is 0 Å². The highest BCUT2D eigenvalue weighted by Gasteiger charge is 2.24. The topological polar surface area (TPSA) is 135 Å². The number of methoxy groups -OCH3 is 3. The molecule has 0 saturated heterocycles. The SMILES string of the molecule is COC(=O)/C=C\c1cc(OC)c(OC)c(S(=O)(=O)Nc2ccc(-n3cnnn3)cc2)c1. The molecule has 1 N–H and O–H groups in total. The number of ether oxygens (including phenoxy) is 3. The number of sulfonamides is 1. The van der Waals surface area contributed by atoms with Crippen molar-refractivity contribution in [1.82, 2.24) is 20.2 Å². The summed E-state index contributed by atoms with van der Waals surface area (Å²) in [5.74, 6) is -0.376. The number of rotatable bonds is 8. The molecule has 3 rings (SSSR count). The molecule has 0 aliphatic heterocycles. The van der Waals surface area contributed by atoms with Crippen molar-refractivity contribution in [1.29, 1.82) is 0 Å². The van der Waals surface area contributed by atoms with E-state index in [2.05, 4.69) is 25.0 Å². The Labute approximate surface area is 178 Å². The Kier molecular flexibility index (Phi) is 6.50. The summed E-state index contributed by atoms with van der Waals surface area (Å²) >= 11 is 0. The van der Waals surface area contributed by atoms with Crippen molar-refractivity contribution in [2.75, 3.05) is 26.1 Å². The number of hydrogen-bond donors (Lipinski definition) is 1. The van der Waals surface area contributed by atoms with Crippen molar-refractivity contribution >= 4 is 27.8 Å². The second-order valence-electron chi connectivity index (χ2n) is 6.02. The first kappa shape index (κ1) is 21.8. The maximum atomic E-state index is 13.1. The number of esters is 1. The van der Waals surface area contributed by atoms with Gasteiger partial charge in [-0.15, -0.1) is 5.10 Å². The lowest BCUT2D eigenvalue weighted by molar-refractivity contribution is -0.134. The Morgan fingerprint density at radius 2 is 1.84 bits per heavy atom. The molecule has 1 aromatic heterocycles. The zero-order valence-corrected chi connectivity index (χ0v) is 17.7. The molecule has 0 saturated carbocycles. The fourth-order valence-corrected chi connectivity index (χ4v) is 3.93. The van der Waals surface area contributed by atoms with E-state index in [-0.39, 0.29) is 16.4 Å². The highest BCUT2D eigenvalue weighted by Crippen LogP contribution is 2.37. The Hall–Kier alpha value is -3.93. The van der Waals surface area contributed by atoms with Crippen LogP contribution in [-0.2, 0) is 19.6 Å². The summed E-state index contributed by atoms with van der Waals surface area (Å²) in [7, 11) is -0.115. The molecular formula is C19H19N5O6S. The normalized spacial score (nSPS) is 11.3. The average molecular weight is 445 g/mol. The van der Waals surface area contributed by atoms with E-state index in [4.69, 9.17) is 9.47 Å². The van der Waals surface area contributed by atoms with E-state index in [1.54, 1.807) is 24.3 Å². The van der Waals surface area contributed by atoms with Gasteiger partial charge in [-0.1, -0.05) is 0 Å². The predicted molar refractivity (Wildman–Crippen MR) is 111 cm³/mol. The number of anilines is 1. The van der Waals surface area contributed by atoms with E-state index >= 15 is 0 Å². The number of benzene rings is 2. The molecule has 31 heavy (non-hydrogen) atoms. The third kappa shape index (κ3) is 4.98. The van der Waals surface area contributed by atoms with Gasteiger partial charge in [-0.3, -0.25) is 4.72 Å². The first-order chi connectivity index (χ1) is 14.9. The molecular weight excluding hydrogens is 426 g/mol. The van der Waals surface area contributed by atoms with Crippen LogP contribution in [0.15, 0.2) is 53.7 Å². The molecule has 12 heteroatoms. The van der Waals surface area contributed by atoms with Gasteiger partial charge in [0.1, 0.15) is 11.2 Å². The molecule has 0 atom stereocenters. The Morgan fingerprint density at radius 3 is 2.42 bits per heavy atom. The molecule has 162 valence electrons. The van der Waals surface area contributed by atoms with Crippen molar-refractivity contribution in [3.05, 3.63) is 54.4 Å². The molecule has 11 nitrogen and oxygen atoms in total. The van der Waals surface area contributed by atoms with Gasteiger partial charge >= 0.3 is 5.97 Å². The number of carbonyl (C=O) groups excluding carboxylic acids is 1. The molecule has 0 aliphatic rings. The predicted octanol–water partition coefficient (Wildman–Crippen LogP) is 1.67. The summed E-state index contributed by atoms with van der Waals surface area (Å²) in [5, 5.41) is 10.9. The van der Waals surface area contributed by atoms with Crippen molar-refractivity contribution in [3.8, 4) is 17.2 Å². The van der Waals surface area contributed by atoms with Crippen LogP contribution >= 0.6 is 0 Å². The van der Waals surface area contributed by atoms with Gasteiger partial charge < -0.3 is 14.2 Å². The molecule has 0 bridgehead atoms. The standard InChI is InChI=1S/C19H19N5O6S/c1-28-16-10-13(4-9-18(25)29-2)11-17(19(16)30-3)31(26,27)21-14-5-7-15(8-6-14)24-12-20-22-23-24/h4-12,21H,1-3H3/b9-4-. The monoisotopic (exact) mass is 445 g/mol. The third-order valence-corrected chi connectivity index (χ3v) is 5.49. The lowest BCUT2D eigenvalue weighted by atomic mass is 10.2. The summed E-state index contributed by atoms with van der Waals surface area (Å²) < 4.78 is 45.2. The van der Waals surface area contributed by atoms with Crippen LogP contribution in [0.4, 0.5) is 5.69 Å². The van der Waals surface area contributed by atoms with E-state index in [0.717, 1.165) is 0 Å². The molecule has 0 spiro atoms. The Bertz CT molecular complexity index is 1190. The summed E-state index contributed by atoms with van der Waals surface area (Å²) in [6.45, 7) is 0. The van der Waals surface area contributed by atoms with Crippen LogP contribution in [-0.4, -0.2) is 55.9 Å². The second kappa shape index (κ2) is 9.26. The van der Waals surface area contributed by atoms with E-state index in [1.165, 1.54) is 56.6 Å². The van der Waals surface area contributed by atoms with Gasteiger partial charge in [-0.25, -0.2) is 17.9 Å². The number of tetrazole rings is 1. The zero-order chi connectivity index (χ0) is 22.4.